The number of hydrogen-bond donors (Lipinski definition) is 0. The molecule has 1 aromatic carbocycles. The number of hydrogen-bond acceptors (Lipinski definition) is 6. The van der Waals surface area contributed by atoms with Crippen LogP contribution in [0.3, 0.4) is 0 Å². The van der Waals surface area contributed by atoms with Gasteiger partial charge in [-0.3, -0.25) is 9.59 Å². The predicted molar refractivity (Wildman–Crippen MR) is 83.7 cm³/mol. The van der Waals surface area contributed by atoms with Gasteiger partial charge in [0.2, 0.25) is 5.91 Å². The minimum absolute atomic E-state index is 0.0143. The van der Waals surface area contributed by atoms with Crippen molar-refractivity contribution >= 4 is 33.4 Å². The third-order valence-electron chi connectivity index (χ3n) is 3.19. The van der Waals surface area contributed by atoms with Gasteiger partial charge in [-0.05, 0) is 6.92 Å². The van der Waals surface area contributed by atoms with Crippen molar-refractivity contribution in [2.75, 3.05) is 19.8 Å². The molecule has 1 aliphatic heterocycles. The Morgan fingerprint density at radius 1 is 1.30 bits per heavy atom. The monoisotopic (exact) mass is 336 g/mol. The zero-order chi connectivity index (χ0) is 16.4. The molecule has 1 aromatic heterocycles. The number of esters is 1. The zero-order valence-electron chi connectivity index (χ0n) is 12.8. The summed E-state index contributed by atoms with van der Waals surface area (Å²) in [6.07, 6.45) is 0. The molecule has 0 atom stereocenters. The summed E-state index contributed by atoms with van der Waals surface area (Å²) in [5.41, 5.74) is 0.757. The maximum atomic E-state index is 11.9. The average Bonchev–Trinajstić information content (AvgIpc) is 2.81. The quantitative estimate of drug-likeness (QED) is 0.793. The first-order chi connectivity index (χ1) is 11.1. The van der Waals surface area contributed by atoms with E-state index < -0.39 is 0 Å². The fourth-order valence-electron chi connectivity index (χ4n) is 2.31. The van der Waals surface area contributed by atoms with Crippen molar-refractivity contribution in [2.24, 2.45) is 4.99 Å². The highest BCUT2D eigenvalue weighted by Gasteiger charge is 2.18. The van der Waals surface area contributed by atoms with E-state index in [1.54, 1.807) is 17.6 Å². The zero-order valence-corrected chi connectivity index (χ0v) is 13.6. The lowest BCUT2D eigenvalue weighted by molar-refractivity contribution is -0.143. The van der Waals surface area contributed by atoms with E-state index in [1.165, 1.54) is 18.3 Å². The van der Waals surface area contributed by atoms with E-state index in [4.69, 9.17) is 14.2 Å². The van der Waals surface area contributed by atoms with E-state index in [9.17, 15) is 9.59 Å². The van der Waals surface area contributed by atoms with E-state index in [1.807, 2.05) is 6.07 Å². The molecule has 1 aliphatic rings. The van der Waals surface area contributed by atoms with E-state index in [0.29, 0.717) is 36.1 Å². The number of ether oxygens (including phenoxy) is 3. The van der Waals surface area contributed by atoms with Crippen LogP contribution in [0.25, 0.3) is 10.2 Å². The normalized spacial score (nSPS) is 14.1. The molecule has 0 saturated carbocycles. The molecule has 0 spiro atoms. The molecule has 0 saturated heterocycles. The van der Waals surface area contributed by atoms with Crippen LogP contribution in [0.15, 0.2) is 17.1 Å². The summed E-state index contributed by atoms with van der Waals surface area (Å²) in [5, 5.41) is 0. The van der Waals surface area contributed by atoms with E-state index in [-0.39, 0.29) is 18.4 Å². The molecule has 1 amide bonds. The maximum Gasteiger partial charge on any atom is 0.326 e. The van der Waals surface area contributed by atoms with Crippen LogP contribution < -0.4 is 14.3 Å². The SMILES string of the molecule is CCOC(=O)Cn1c(=NC(C)=O)sc2cc3c(cc21)OCCO3. The van der Waals surface area contributed by atoms with Crippen LogP contribution in [-0.2, 0) is 20.9 Å². The standard InChI is InChI=1S/C15H16N2O5S/c1-3-20-14(19)8-17-10-6-11-12(22-5-4-21-11)7-13(10)23-15(17)16-9(2)18/h6-7H,3-5,8H2,1-2H3. The summed E-state index contributed by atoms with van der Waals surface area (Å²) < 4.78 is 18.7. The molecule has 0 aliphatic carbocycles. The number of carbonyl (C=O) groups is 2. The molecular weight excluding hydrogens is 320 g/mol. The third-order valence-corrected chi connectivity index (χ3v) is 4.23. The molecule has 0 bridgehead atoms. The lowest BCUT2D eigenvalue weighted by Gasteiger charge is -2.18. The first-order valence-electron chi connectivity index (χ1n) is 7.22. The maximum absolute atomic E-state index is 11.9. The second kappa shape index (κ2) is 6.41. The number of carbonyl (C=O) groups excluding carboxylic acids is 2. The molecule has 8 heteroatoms. The summed E-state index contributed by atoms with van der Waals surface area (Å²) >= 11 is 1.32. The van der Waals surface area contributed by atoms with Crippen LogP contribution in [-0.4, -0.2) is 36.3 Å². The van der Waals surface area contributed by atoms with Crippen LogP contribution in [0.4, 0.5) is 0 Å². The average molecular weight is 336 g/mol. The molecule has 0 radical (unpaired) electrons. The largest absolute Gasteiger partial charge is 0.486 e. The molecule has 0 unspecified atom stereocenters. The molecule has 7 nitrogen and oxygen atoms in total. The number of thiazole rings is 1. The van der Waals surface area contributed by atoms with Gasteiger partial charge in [0, 0.05) is 19.1 Å². The Morgan fingerprint density at radius 2 is 2.00 bits per heavy atom. The Balaban J connectivity index is 2.16. The highest BCUT2D eigenvalue weighted by molar-refractivity contribution is 7.16. The molecule has 2 aromatic rings. The third kappa shape index (κ3) is 3.21. The molecule has 2 heterocycles. The van der Waals surface area contributed by atoms with Gasteiger partial charge in [-0.2, -0.15) is 4.99 Å². The fourth-order valence-corrected chi connectivity index (χ4v) is 3.40. The Labute approximate surface area is 136 Å². The van der Waals surface area contributed by atoms with Gasteiger partial charge in [0.05, 0.1) is 16.8 Å². The van der Waals surface area contributed by atoms with Gasteiger partial charge in [-0.15, -0.1) is 0 Å². The smallest absolute Gasteiger partial charge is 0.326 e. The van der Waals surface area contributed by atoms with E-state index in [2.05, 4.69) is 4.99 Å². The van der Waals surface area contributed by atoms with Gasteiger partial charge in [-0.25, -0.2) is 0 Å². The number of rotatable bonds is 3. The summed E-state index contributed by atoms with van der Waals surface area (Å²) in [6.45, 7) is 4.38. The lowest BCUT2D eigenvalue weighted by atomic mass is 10.2. The number of fused-ring (bicyclic) bond motifs is 2. The lowest BCUT2D eigenvalue weighted by Crippen LogP contribution is -2.23. The summed E-state index contributed by atoms with van der Waals surface area (Å²) in [4.78, 5) is 27.7. The Bertz CT molecular complexity index is 836. The van der Waals surface area contributed by atoms with Crippen LogP contribution in [0.5, 0.6) is 11.5 Å². The van der Waals surface area contributed by atoms with Crippen molar-refractivity contribution in [3.8, 4) is 11.5 Å². The first kappa shape index (κ1) is 15.5. The summed E-state index contributed by atoms with van der Waals surface area (Å²) in [6, 6.07) is 3.65. The molecule has 122 valence electrons. The molecular formula is C15H16N2O5S. The van der Waals surface area contributed by atoms with Gasteiger partial charge < -0.3 is 18.8 Å². The molecule has 23 heavy (non-hydrogen) atoms. The van der Waals surface area contributed by atoms with Crippen molar-refractivity contribution in [2.45, 2.75) is 20.4 Å². The Hall–Kier alpha value is -2.35. The highest BCUT2D eigenvalue weighted by atomic mass is 32.1. The Kier molecular flexibility index (Phi) is 4.33. The number of benzene rings is 1. The molecule has 3 rings (SSSR count). The summed E-state index contributed by atoms with van der Waals surface area (Å²) in [5.74, 6) is 0.565. The first-order valence-corrected chi connectivity index (χ1v) is 8.04. The highest BCUT2D eigenvalue weighted by Crippen LogP contribution is 2.35. The van der Waals surface area contributed by atoms with Gasteiger partial charge >= 0.3 is 5.97 Å². The van der Waals surface area contributed by atoms with E-state index in [0.717, 1.165) is 10.2 Å². The van der Waals surface area contributed by atoms with Gasteiger partial charge in [0.15, 0.2) is 16.3 Å². The van der Waals surface area contributed by atoms with Crippen molar-refractivity contribution in [3.63, 3.8) is 0 Å². The number of amides is 1. The van der Waals surface area contributed by atoms with Crippen molar-refractivity contribution in [1.29, 1.82) is 0 Å². The van der Waals surface area contributed by atoms with Crippen molar-refractivity contribution in [3.05, 3.63) is 16.9 Å². The predicted octanol–water partition coefficient (Wildman–Crippen LogP) is 1.48. The second-order valence-electron chi connectivity index (χ2n) is 4.87. The minimum Gasteiger partial charge on any atom is -0.486 e. The van der Waals surface area contributed by atoms with Crippen molar-refractivity contribution < 1.29 is 23.8 Å². The topological polar surface area (TPSA) is 79.1 Å². The van der Waals surface area contributed by atoms with Crippen LogP contribution in [0.1, 0.15) is 13.8 Å². The van der Waals surface area contributed by atoms with Crippen LogP contribution in [0.2, 0.25) is 0 Å². The van der Waals surface area contributed by atoms with Crippen molar-refractivity contribution in [1.82, 2.24) is 4.57 Å². The van der Waals surface area contributed by atoms with Gasteiger partial charge in [0.25, 0.3) is 0 Å². The minimum atomic E-state index is -0.382. The van der Waals surface area contributed by atoms with Crippen LogP contribution >= 0.6 is 11.3 Å². The number of aromatic nitrogens is 1. The van der Waals surface area contributed by atoms with E-state index >= 15 is 0 Å². The Morgan fingerprint density at radius 3 is 2.65 bits per heavy atom. The molecule has 0 N–H and O–H groups in total. The second-order valence-corrected chi connectivity index (χ2v) is 5.88. The van der Waals surface area contributed by atoms with Crippen LogP contribution in [0, 0.1) is 0 Å². The number of nitrogens with zero attached hydrogens (tertiary/aromatic N) is 2. The fraction of sp³-hybridized carbons (Fsp3) is 0.400. The summed E-state index contributed by atoms with van der Waals surface area (Å²) in [7, 11) is 0. The van der Waals surface area contributed by atoms with Gasteiger partial charge in [-0.1, -0.05) is 11.3 Å². The van der Waals surface area contributed by atoms with Gasteiger partial charge in [0.1, 0.15) is 19.8 Å². The molecule has 0 fully saturated rings.